The van der Waals surface area contributed by atoms with Crippen molar-refractivity contribution in [2.75, 3.05) is 4.90 Å². The molecule has 0 saturated heterocycles. The van der Waals surface area contributed by atoms with Crippen molar-refractivity contribution >= 4 is 17.1 Å². The summed E-state index contributed by atoms with van der Waals surface area (Å²) in [7, 11) is 0. The van der Waals surface area contributed by atoms with Crippen molar-refractivity contribution in [3.8, 4) is 55.6 Å². The van der Waals surface area contributed by atoms with E-state index >= 15 is 0 Å². The molecule has 8 aromatic carbocycles. The Labute approximate surface area is 307 Å². The van der Waals surface area contributed by atoms with E-state index in [1.807, 2.05) is 0 Å². The first kappa shape index (κ1) is 31.5. The molecule has 0 radical (unpaired) electrons. The van der Waals surface area contributed by atoms with Gasteiger partial charge in [0.1, 0.15) is 0 Å². The summed E-state index contributed by atoms with van der Waals surface area (Å²) < 4.78 is 0. The molecule has 248 valence electrons. The van der Waals surface area contributed by atoms with Gasteiger partial charge in [0.15, 0.2) is 0 Å². The van der Waals surface area contributed by atoms with Gasteiger partial charge in [0, 0.05) is 22.2 Å². The predicted molar refractivity (Wildman–Crippen MR) is 220 cm³/mol. The van der Waals surface area contributed by atoms with Crippen molar-refractivity contribution in [1.82, 2.24) is 0 Å². The molecule has 9 rings (SSSR count). The Bertz CT molecular complexity index is 2530. The van der Waals surface area contributed by atoms with Gasteiger partial charge in [-0.15, -0.1) is 0 Å². The first-order valence-corrected chi connectivity index (χ1v) is 18.1. The van der Waals surface area contributed by atoms with Crippen LogP contribution in [0.3, 0.4) is 0 Å². The average molecular weight is 666 g/mol. The Hall–Kier alpha value is -6.44. The van der Waals surface area contributed by atoms with E-state index < -0.39 is 0 Å². The van der Waals surface area contributed by atoms with Gasteiger partial charge in [0.2, 0.25) is 0 Å². The van der Waals surface area contributed by atoms with E-state index in [0.717, 1.165) is 17.1 Å². The summed E-state index contributed by atoms with van der Waals surface area (Å²) in [5, 5.41) is 0. The zero-order valence-electron chi connectivity index (χ0n) is 29.5. The molecule has 0 heterocycles. The van der Waals surface area contributed by atoms with Crippen LogP contribution in [-0.4, -0.2) is 0 Å². The second kappa shape index (κ2) is 13.0. The molecule has 8 aromatic rings. The molecular weight excluding hydrogens is 627 g/mol. The van der Waals surface area contributed by atoms with E-state index in [1.54, 1.807) is 0 Å². The fourth-order valence-electron chi connectivity index (χ4n) is 8.20. The normalized spacial score (nSPS) is 12.6. The third-order valence-corrected chi connectivity index (χ3v) is 10.7. The molecule has 0 fully saturated rings. The smallest absolute Gasteiger partial charge is 0.0540 e. The summed E-state index contributed by atoms with van der Waals surface area (Å²) in [5.41, 5.74) is 18.3. The summed E-state index contributed by atoms with van der Waals surface area (Å²) >= 11 is 0. The lowest BCUT2D eigenvalue weighted by atomic mass is 9.82. The molecule has 1 nitrogen and oxygen atoms in total. The summed E-state index contributed by atoms with van der Waals surface area (Å²) in [5.74, 6) is 0. The number of anilines is 3. The van der Waals surface area contributed by atoms with Crippen LogP contribution in [0.25, 0.3) is 55.6 Å². The SMILES string of the molecule is CC1(C)c2ccccc2-c2c(-c3ccccc3N(c3ccc(-c4ccccc4)cc3)c3ccccc3-c3ccccc3-c3ccccc3)cccc21. The van der Waals surface area contributed by atoms with E-state index in [1.165, 1.54) is 66.8 Å². The number of fused-ring (bicyclic) bond motifs is 3. The lowest BCUT2D eigenvalue weighted by Gasteiger charge is -2.31. The largest absolute Gasteiger partial charge is 0.309 e. The lowest BCUT2D eigenvalue weighted by molar-refractivity contribution is 0.660. The van der Waals surface area contributed by atoms with Gasteiger partial charge in [-0.2, -0.15) is 0 Å². The van der Waals surface area contributed by atoms with Gasteiger partial charge in [-0.05, 0) is 79.9 Å². The molecule has 0 amide bonds. The third kappa shape index (κ3) is 5.34. The molecule has 0 atom stereocenters. The number of nitrogens with zero attached hydrogens (tertiary/aromatic N) is 1. The second-order valence-electron chi connectivity index (χ2n) is 14.1. The van der Waals surface area contributed by atoms with E-state index in [2.05, 4.69) is 219 Å². The van der Waals surface area contributed by atoms with Crippen molar-refractivity contribution in [3.63, 3.8) is 0 Å². The molecule has 0 saturated carbocycles. The Kier molecular flexibility index (Phi) is 7.90. The van der Waals surface area contributed by atoms with Crippen molar-refractivity contribution in [2.45, 2.75) is 19.3 Å². The van der Waals surface area contributed by atoms with Crippen LogP contribution in [0, 0.1) is 0 Å². The highest BCUT2D eigenvalue weighted by atomic mass is 15.1. The Morgan fingerprint density at radius 1 is 0.308 bits per heavy atom. The van der Waals surface area contributed by atoms with Gasteiger partial charge in [0.25, 0.3) is 0 Å². The van der Waals surface area contributed by atoms with E-state index in [9.17, 15) is 0 Å². The van der Waals surface area contributed by atoms with Crippen LogP contribution in [0.1, 0.15) is 25.0 Å². The molecule has 1 aliphatic rings. The topological polar surface area (TPSA) is 3.24 Å². The monoisotopic (exact) mass is 665 g/mol. The first-order chi connectivity index (χ1) is 25.6. The maximum atomic E-state index is 2.46. The lowest BCUT2D eigenvalue weighted by Crippen LogP contribution is -2.15. The second-order valence-corrected chi connectivity index (χ2v) is 14.1. The number of hydrogen-bond donors (Lipinski definition) is 0. The van der Waals surface area contributed by atoms with Crippen molar-refractivity contribution in [3.05, 3.63) is 211 Å². The van der Waals surface area contributed by atoms with E-state index in [-0.39, 0.29) is 5.41 Å². The van der Waals surface area contributed by atoms with Crippen LogP contribution < -0.4 is 4.90 Å². The molecule has 52 heavy (non-hydrogen) atoms. The Morgan fingerprint density at radius 3 is 1.40 bits per heavy atom. The zero-order valence-corrected chi connectivity index (χ0v) is 29.5. The van der Waals surface area contributed by atoms with Crippen LogP contribution in [-0.2, 0) is 5.41 Å². The van der Waals surface area contributed by atoms with Gasteiger partial charge >= 0.3 is 0 Å². The fraction of sp³-hybridized carbons (Fsp3) is 0.0588. The highest BCUT2D eigenvalue weighted by Crippen LogP contribution is 2.54. The number of rotatable bonds is 7. The summed E-state index contributed by atoms with van der Waals surface area (Å²) in [6.07, 6.45) is 0. The fourth-order valence-corrected chi connectivity index (χ4v) is 8.20. The number of para-hydroxylation sites is 2. The van der Waals surface area contributed by atoms with Gasteiger partial charge in [0.05, 0.1) is 11.4 Å². The van der Waals surface area contributed by atoms with E-state index in [4.69, 9.17) is 0 Å². The van der Waals surface area contributed by atoms with Gasteiger partial charge in [-0.25, -0.2) is 0 Å². The van der Waals surface area contributed by atoms with Crippen LogP contribution >= 0.6 is 0 Å². The molecule has 0 N–H and O–H groups in total. The summed E-state index contributed by atoms with van der Waals surface area (Å²) in [4.78, 5) is 2.46. The highest BCUT2D eigenvalue weighted by Gasteiger charge is 2.37. The number of benzene rings is 8. The molecule has 0 unspecified atom stereocenters. The zero-order chi connectivity index (χ0) is 35.1. The van der Waals surface area contributed by atoms with Crippen molar-refractivity contribution in [1.29, 1.82) is 0 Å². The van der Waals surface area contributed by atoms with Gasteiger partial charge in [-0.3, -0.25) is 0 Å². The van der Waals surface area contributed by atoms with Gasteiger partial charge < -0.3 is 4.90 Å². The minimum absolute atomic E-state index is 0.0857. The molecular formula is C51H39N. The molecule has 0 aromatic heterocycles. The Morgan fingerprint density at radius 2 is 0.750 bits per heavy atom. The predicted octanol–water partition coefficient (Wildman–Crippen LogP) is 14.1. The van der Waals surface area contributed by atoms with Crippen LogP contribution in [0.15, 0.2) is 200 Å². The first-order valence-electron chi connectivity index (χ1n) is 18.1. The Balaban J connectivity index is 1.29. The van der Waals surface area contributed by atoms with E-state index in [0.29, 0.717) is 0 Å². The van der Waals surface area contributed by atoms with Gasteiger partial charge in [-0.1, -0.05) is 190 Å². The minimum Gasteiger partial charge on any atom is -0.309 e. The number of hydrogen-bond acceptors (Lipinski definition) is 1. The van der Waals surface area contributed by atoms with Crippen LogP contribution in [0.2, 0.25) is 0 Å². The van der Waals surface area contributed by atoms with Crippen molar-refractivity contribution in [2.24, 2.45) is 0 Å². The third-order valence-electron chi connectivity index (χ3n) is 10.7. The standard InChI is InChI=1S/C51H39N/c1-51(2)46-28-14-11-26-45(46)50-44(27-17-29-47(50)51)43-25-13-16-31-49(43)52(39-34-32-37(33-35-39)36-18-5-3-6-19-36)48-30-15-12-24-42(48)41-23-10-9-22-40(41)38-20-7-4-8-21-38/h3-35H,1-2H3. The van der Waals surface area contributed by atoms with Crippen molar-refractivity contribution < 1.29 is 0 Å². The maximum absolute atomic E-state index is 2.46. The molecule has 1 heteroatoms. The maximum Gasteiger partial charge on any atom is 0.0540 e. The molecule has 1 aliphatic carbocycles. The van der Waals surface area contributed by atoms with Crippen LogP contribution in [0.4, 0.5) is 17.1 Å². The molecule has 0 aliphatic heterocycles. The average Bonchev–Trinajstić information content (AvgIpc) is 3.45. The quantitative estimate of drug-likeness (QED) is 0.164. The molecule has 0 bridgehead atoms. The minimum atomic E-state index is -0.0857. The summed E-state index contributed by atoms with van der Waals surface area (Å²) in [6.45, 7) is 4.71. The van der Waals surface area contributed by atoms with Crippen LogP contribution in [0.5, 0.6) is 0 Å². The highest BCUT2D eigenvalue weighted by molar-refractivity contribution is 6.00. The molecule has 0 spiro atoms. The summed E-state index contributed by atoms with van der Waals surface area (Å²) in [6, 6.07) is 72.8.